The van der Waals surface area contributed by atoms with Crippen molar-refractivity contribution in [2.45, 2.75) is 12.5 Å². The molecular weight excluding hydrogens is 260 g/mol. The van der Waals surface area contributed by atoms with Crippen LogP contribution in [0.1, 0.15) is 16.5 Å². The molecule has 1 aromatic carbocycles. The van der Waals surface area contributed by atoms with E-state index >= 15 is 0 Å². The Morgan fingerprint density at radius 2 is 2.05 bits per heavy atom. The SMILES string of the molecule is CNC(Cc1ccc(OC)c(OC)c1)c1cncs1. The first-order valence-corrected chi connectivity index (χ1v) is 6.93. The fraction of sp³-hybridized carbons (Fsp3) is 0.357. The van der Waals surface area contributed by atoms with Crippen LogP contribution in [-0.4, -0.2) is 26.3 Å². The van der Waals surface area contributed by atoms with Crippen molar-refractivity contribution >= 4 is 11.3 Å². The highest BCUT2D eigenvalue weighted by Crippen LogP contribution is 2.30. The maximum atomic E-state index is 5.33. The Bertz CT molecular complexity index is 514. The number of benzene rings is 1. The van der Waals surface area contributed by atoms with E-state index in [4.69, 9.17) is 9.47 Å². The molecule has 102 valence electrons. The minimum absolute atomic E-state index is 0.269. The maximum absolute atomic E-state index is 5.33. The Balaban J connectivity index is 2.18. The third-order valence-corrected chi connectivity index (χ3v) is 3.92. The Kier molecular flexibility index (Phi) is 4.76. The molecule has 1 heterocycles. The number of aromatic nitrogens is 1. The molecule has 0 radical (unpaired) electrons. The van der Waals surface area contributed by atoms with Gasteiger partial charge in [0.15, 0.2) is 11.5 Å². The van der Waals surface area contributed by atoms with Gasteiger partial charge >= 0.3 is 0 Å². The second kappa shape index (κ2) is 6.54. The largest absolute Gasteiger partial charge is 0.493 e. The highest BCUT2D eigenvalue weighted by atomic mass is 32.1. The topological polar surface area (TPSA) is 43.4 Å². The molecule has 0 spiro atoms. The Morgan fingerprint density at radius 3 is 2.63 bits per heavy atom. The van der Waals surface area contributed by atoms with Gasteiger partial charge in [0.05, 0.1) is 19.7 Å². The van der Waals surface area contributed by atoms with Crippen molar-refractivity contribution < 1.29 is 9.47 Å². The molecule has 4 nitrogen and oxygen atoms in total. The van der Waals surface area contributed by atoms with Gasteiger partial charge in [0.1, 0.15) is 0 Å². The lowest BCUT2D eigenvalue weighted by Crippen LogP contribution is -2.17. The standard InChI is InChI=1S/C14H18N2O2S/c1-15-11(14-8-16-9-19-14)6-10-4-5-12(17-2)13(7-10)18-3/h4-5,7-9,11,15H,6H2,1-3H3. The Labute approximate surface area is 117 Å². The van der Waals surface area contributed by atoms with Crippen molar-refractivity contribution in [3.05, 3.63) is 40.3 Å². The van der Waals surface area contributed by atoms with Crippen molar-refractivity contribution in [2.24, 2.45) is 0 Å². The number of hydrogen-bond acceptors (Lipinski definition) is 5. The predicted molar refractivity (Wildman–Crippen MR) is 77.2 cm³/mol. The van der Waals surface area contributed by atoms with Gasteiger partial charge < -0.3 is 14.8 Å². The smallest absolute Gasteiger partial charge is 0.160 e. The van der Waals surface area contributed by atoms with E-state index in [0.717, 1.165) is 17.9 Å². The van der Waals surface area contributed by atoms with E-state index in [-0.39, 0.29) is 6.04 Å². The summed E-state index contributed by atoms with van der Waals surface area (Å²) in [6, 6.07) is 6.29. The van der Waals surface area contributed by atoms with Crippen LogP contribution >= 0.6 is 11.3 Å². The molecule has 0 fully saturated rings. The van der Waals surface area contributed by atoms with Crippen LogP contribution in [0.3, 0.4) is 0 Å². The molecular formula is C14H18N2O2S. The number of ether oxygens (including phenoxy) is 2. The Morgan fingerprint density at radius 1 is 1.26 bits per heavy atom. The first kappa shape index (κ1) is 13.8. The maximum Gasteiger partial charge on any atom is 0.160 e. The zero-order valence-electron chi connectivity index (χ0n) is 11.3. The average molecular weight is 278 g/mol. The summed E-state index contributed by atoms with van der Waals surface area (Å²) < 4.78 is 10.6. The van der Waals surface area contributed by atoms with Crippen molar-refractivity contribution in [1.29, 1.82) is 0 Å². The van der Waals surface area contributed by atoms with E-state index in [1.807, 2.05) is 30.9 Å². The monoisotopic (exact) mass is 278 g/mol. The Hall–Kier alpha value is -1.59. The summed E-state index contributed by atoms with van der Waals surface area (Å²) in [4.78, 5) is 5.36. The lowest BCUT2D eigenvalue weighted by Gasteiger charge is -2.15. The average Bonchev–Trinajstić information content (AvgIpc) is 2.98. The molecule has 1 aromatic heterocycles. The van der Waals surface area contributed by atoms with Crippen molar-refractivity contribution in [3.8, 4) is 11.5 Å². The summed E-state index contributed by atoms with van der Waals surface area (Å²) in [5.74, 6) is 1.52. The second-order valence-corrected chi connectivity index (χ2v) is 5.06. The van der Waals surface area contributed by atoms with Gasteiger partial charge in [-0.25, -0.2) is 0 Å². The van der Waals surface area contributed by atoms with Gasteiger partial charge in [-0.05, 0) is 31.2 Å². The highest BCUT2D eigenvalue weighted by molar-refractivity contribution is 7.09. The summed E-state index contributed by atoms with van der Waals surface area (Å²) in [6.45, 7) is 0. The van der Waals surface area contributed by atoms with E-state index in [1.54, 1.807) is 25.6 Å². The fourth-order valence-electron chi connectivity index (χ4n) is 1.99. The van der Waals surface area contributed by atoms with E-state index in [9.17, 15) is 0 Å². The molecule has 0 bridgehead atoms. The first-order chi connectivity index (χ1) is 9.28. The number of nitrogens with one attached hydrogen (secondary N) is 1. The number of hydrogen-bond donors (Lipinski definition) is 1. The van der Waals surface area contributed by atoms with Gasteiger partial charge in [-0.3, -0.25) is 4.98 Å². The molecule has 1 N–H and O–H groups in total. The van der Waals surface area contributed by atoms with Crippen molar-refractivity contribution in [2.75, 3.05) is 21.3 Å². The van der Waals surface area contributed by atoms with Crippen LogP contribution in [0, 0.1) is 0 Å². The van der Waals surface area contributed by atoms with Crippen LogP contribution in [-0.2, 0) is 6.42 Å². The summed E-state index contributed by atoms with van der Waals surface area (Å²) in [5.41, 5.74) is 3.05. The normalized spacial score (nSPS) is 12.2. The quantitative estimate of drug-likeness (QED) is 0.882. The minimum atomic E-state index is 0.269. The third-order valence-electron chi connectivity index (χ3n) is 3.03. The molecule has 2 rings (SSSR count). The lowest BCUT2D eigenvalue weighted by molar-refractivity contribution is 0.354. The molecule has 5 heteroatoms. The van der Waals surface area contributed by atoms with Crippen LogP contribution in [0.15, 0.2) is 29.9 Å². The van der Waals surface area contributed by atoms with E-state index in [1.165, 1.54) is 10.4 Å². The molecule has 2 aromatic rings. The van der Waals surface area contributed by atoms with E-state index in [0.29, 0.717) is 0 Å². The molecule has 1 unspecified atom stereocenters. The fourth-order valence-corrected chi connectivity index (χ4v) is 2.72. The minimum Gasteiger partial charge on any atom is -0.493 e. The zero-order chi connectivity index (χ0) is 13.7. The van der Waals surface area contributed by atoms with Crippen LogP contribution in [0.2, 0.25) is 0 Å². The van der Waals surface area contributed by atoms with Crippen LogP contribution in [0.5, 0.6) is 11.5 Å². The molecule has 19 heavy (non-hydrogen) atoms. The number of nitrogens with zero attached hydrogens (tertiary/aromatic N) is 1. The molecule has 0 saturated heterocycles. The summed E-state index contributed by atoms with van der Waals surface area (Å²) >= 11 is 1.66. The first-order valence-electron chi connectivity index (χ1n) is 6.05. The molecule has 0 aliphatic carbocycles. The van der Waals surface area contributed by atoms with Gasteiger partial charge in [-0.1, -0.05) is 6.07 Å². The molecule has 0 aliphatic rings. The third kappa shape index (κ3) is 3.24. The van der Waals surface area contributed by atoms with Crippen LogP contribution in [0.4, 0.5) is 0 Å². The summed E-state index contributed by atoms with van der Waals surface area (Å²) in [7, 11) is 5.26. The molecule has 0 amide bonds. The number of methoxy groups -OCH3 is 2. The number of rotatable bonds is 6. The second-order valence-electron chi connectivity index (χ2n) is 4.14. The van der Waals surface area contributed by atoms with Gasteiger partial charge in [-0.2, -0.15) is 0 Å². The van der Waals surface area contributed by atoms with E-state index in [2.05, 4.69) is 16.4 Å². The highest BCUT2D eigenvalue weighted by Gasteiger charge is 2.13. The number of likely N-dealkylation sites (N-methyl/N-ethyl adjacent to an activating group) is 1. The summed E-state index contributed by atoms with van der Waals surface area (Å²) in [5, 5.41) is 3.32. The van der Waals surface area contributed by atoms with Gasteiger partial charge in [0.25, 0.3) is 0 Å². The van der Waals surface area contributed by atoms with Crippen LogP contribution in [0.25, 0.3) is 0 Å². The summed E-state index contributed by atoms with van der Waals surface area (Å²) in [6.07, 6.45) is 2.80. The molecule has 0 aliphatic heterocycles. The van der Waals surface area contributed by atoms with Gasteiger partial charge in [0.2, 0.25) is 0 Å². The zero-order valence-corrected chi connectivity index (χ0v) is 12.2. The van der Waals surface area contributed by atoms with Crippen molar-refractivity contribution in [1.82, 2.24) is 10.3 Å². The number of thiazole rings is 1. The van der Waals surface area contributed by atoms with Crippen molar-refractivity contribution in [3.63, 3.8) is 0 Å². The molecule has 1 atom stereocenters. The van der Waals surface area contributed by atoms with E-state index < -0.39 is 0 Å². The lowest BCUT2D eigenvalue weighted by atomic mass is 10.0. The van der Waals surface area contributed by atoms with Gasteiger partial charge in [-0.15, -0.1) is 11.3 Å². The predicted octanol–water partition coefficient (Wildman–Crippen LogP) is 2.66. The van der Waals surface area contributed by atoms with Crippen LogP contribution < -0.4 is 14.8 Å². The molecule has 0 saturated carbocycles. The van der Waals surface area contributed by atoms with Gasteiger partial charge in [0, 0.05) is 17.1 Å².